The van der Waals surface area contributed by atoms with Gasteiger partial charge in [-0.25, -0.2) is 9.37 Å². The average molecular weight is 384 g/mol. The Balaban J connectivity index is 1.68. The highest BCUT2D eigenvalue weighted by molar-refractivity contribution is 7.22. The minimum absolute atomic E-state index is 0.214. The van der Waals surface area contributed by atoms with E-state index in [2.05, 4.69) is 4.98 Å². The number of rotatable bonds is 5. The molecule has 0 aliphatic heterocycles. The van der Waals surface area contributed by atoms with Gasteiger partial charge in [0.2, 0.25) is 0 Å². The molecule has 0 fully saturated rings. The molecular weight excluding hydrogens is 371 g/mol. The van der Waals surface area contributed by atoms with E-state index < -0.39 is 0 Å². The van der Waals surface area contributed by atoms with Crippen LogP contribution in [0.1, 0.15) is 10.6 Å². The molecule has 3 heterocycles. The van der Waals surface area contributed by atoms with Crippen molar-refractivity contribution >= 4 is 50.0 Å². The van der Waals surface area contributed by atoms with Gasteiger partial charge in [0.25, 0.3) is 5.91 Å². The summed E-state index contributed by atoms with van der Waals surface area (Å²) in [6.07, 6.45) is 4.85. The topological polar surface area (TPSA) is 46.3 Å². The molecule has 0 spiro atoms. The summed E-state index contributed by atoms with van der Waals surface area (Å²) in [5.41, 5.74) is 0.658. The summed E-state index contributed by atoms with van der Waals surface area (Å²) in [6, 6.07) is 11.8. The third-order valence-electron chi connectivity index (χ3n) is 3.66. The molecule has 7 heteroatoms. The largest absolute Gasteiger partial charge is 0.467 e. The summed E-state index contributed by atoms with van der Waals surface area (Å²) in [4.78, 5) is 19.8. The van der Waals surface area contributed by atoms with Crippen LogP contribution in [0.2, 0.25) is 0 Å². The average Bonchev–Trinajstić information content (AvgIpc) is 3.38. The van der Waals surface area contributed by atoms with E-state index in [9.17, 15) is 9.18 Å². The van der Waals surface area contributed by atoms with Crippen molar-refractivity contribution in [2.24, 2.45) is 0 Å². The normalized spacial score (nSPS) is 11.4. The van der Waals surface area contributed by atoms with Crippen LogP contribution in [0.5, 0.6) is 0 Å². The number of aromatic nitrogens is 1. The van der Waals surface area contributed by atoms with Crippen molar-refractivity contribution in [3.05, 3.63) is 76.6 Å². The van der Waals surface area contributed by atoms with Crippen molar-refractivity contribution < 1.29 is 13.6 Å². The first-order chi connectivity index (χ1) is 12.7. The first-order valence-electron chi connectivity index (χ1n) is 7.80. The maximum absolute atomic E-state index is 13.5. The summed E-state index contributed by atoms with van der Waals surface area (Å²) in [7, 11) is 0. The van der Waals surface area contributed by atoms with Gasteiger partial charge in [0.05, 0.1) is 23.0 Å². The zero-order valence-electron chi connectivity index (χ0n) is 13.5. The van der Waals surface area contributed by atoms with Gasteiger partial charge in [-0.15, -0.1) is 11.3 Å². The first-order valence-corrected chi connectivity index (χ1v) is 9.50. The second kappa shape index (κ2) is 7.23. The van der Waals surface area contributed by atoms with Crippen molar-refractivity contribution in [1.82, 2.24) is 4.98 Å². The van der Waals surface area contributed by atoms with Gasteiger partial charge in [-0.3, -0.25) is 9.69 Å². The Bertz CT molecular complexity index is 1050. The molecule has 4 aromatic rings. The Morgan fingerprint density at radius 2 is 2.19 bits per heavy atom. The molecule has 0 bridgehead atoms. The summed E-state index contributed by atoms with van der Waals surface area (Å²) >= 11 is 2.83. The van der Waals surface area contributed by atoms with E-state index in [1.54, 1.807) is 41.9 Å². The molecular formula is C19H13FN2O2S2. The fraction of sp³-hybridized carbons (Fsp3) is 0.0526. The van der Waals surface area contributed by atoms with Crippen LogP contribution in [0.3, 0.4) is 0 Å². The van der Waals surface area contributed by atoms with Crippen LogP contribution in [0.4, 0.5) is 9.52 Å². The summed E-state index contributed by atoms with van der Waals surface area (Å²) < 4.78 is 19.5. The Kier molecular flexibility index (Phi) is 4.64. The standard InChI is InChI=1S/C19H13FN2O2S2/c20-13-5-7-16-17(11-13)26-19(21-16)22(12-14-3-1-9-24-14)18(23)8-6-15-4-2-10-25-15/h1-11H,12H2/b8-6+. The quantitative estimate of drug-likeness (QED) is 0.437. The zero-order valence-corrected chi connectivity index (χ0v) is 15.1. The molecule has 0 aliphatic carbocycles. The number of carbonyl (C=O) groups excluding carboxylic acids is 1. The van der Waals surface area contributed by atoms with E-state index in [1.807, 2.05) is 17.5 Å². The molecule has 1 amide bonds. The smallest absolute Gasteiger partial charge is 0.253 e. The molecule has 1 aromatic carbocycles. The van der Waals surface area contributed by atoms with Gasteiger partial charge < -0.3 is 4.42 Å². The number of amides is 1. The highest BCUT2D eigenvalue weighted by Gasteiger charge is 2.19. The van der Waals surface area contributed by atoms with Crippen LogP contribution in [-0.4, -0.2) is 10.9 Å². The monoisotopic (exact) mass is 384 g/mol. The van der Waals surface area contributed by atoms with Crippen molar-refractivity contribution in [3.8, 4) is 0 Å². The fourth-order valence-corrected chi connectivity index (χ4v) is 4.04. The molecule has 4 nitrogen and oxygen atoms in total. The molecule has 0 atom stereocenters. The molecule has 4 rings (SSSR count). The maximum Gasteiger partial charge on any atom is 0.253 e. The van der Waals surface area contributed by atoms with Crippen LogP contribution >= 0.6 is 22.7 Å². The van der Waals surface area contributed by atoms with Gasteiger partial charge in [0.1, 0.15) is 11.6 Å². The van der Waals surface area contributed by atoms with Crippen molar-refractivity contribution in [2.45, 2.75) is 6.54 Å². The highest BCUT2D eigenvalue weighted by atomic mass is 32.1. The van der Waals surface area contributed by atoms with E-state index in [-0.39, 0.29) is 18.3 Å². The number of thiazole rings is 1. The molecule has 0 saturated carbocycles. The van der Waals surface area contributed by atoms with Gasteiger partial charge in [-0.05, 0) is 47.9 Å². The van der Waals surface area contributed by atoms with E-state index in [1.165, 1.54) is 34.4 Å². The minimum atomic E-state index is -0.325. The SMILES string of the molecule is O=C(/C=C/c1cccs1)N(Cc1ccco1)c1nc2ccc(F)cc2s1. The van der Waals surface area contributed by atoms with Gasteiger partial charge in [-0.1, -0.05) is 17.4 Å². The van der Waals surface area contributed by atoms with Gasteiger partial charge in [-0.2, -0.15) is 0 Å². The molecule has 130 valence electrons. The highest BCUT2D eigenvalue weighted by Crippen LogP contribution is 2.30. The van der Waals surface area contributed by atoms with Gasteiger partial charge >= 0.3 is 0 Å². The molecule has 3 aromatic heterocycles. The lowest BCUT2D eigenvalue weighted by molar-refractivity contribution is -0.114. The predicted molar refractivity (Wildman–Crippen MR) is 103 cm³/mol. The molecule has 0 unspecified atom stereocenters. The summed E-state index contributed by atoms with van der Waals surface area (Å²) in [5, 5.41) is 2.45. The number of furan rings is 1. The minimum Gasteiger partial charge on any atom is -0.467 e. The van der Waals surface area contributed by atoms with Crippen molar-refractivity contribution in [3.63, 3.8) is 0 Å². The van der Waals surface area contributed by atoms with E-state index in [0.29, 0.717) is 21.1 Å². The summed E-state index contributed by atoms with van der Waals surface area (Å²) in [5.74, 6) is 0.108. The predicted octanol–water partition coefficient (Wildman–Crippen LogP) is 5.34. The lowest BCUT2D eigenvalue weighted by Crippen LogP contribution is -2.28. The molecule has 0 N–H and O–H groups in total. The second-order valence-electron chi connectivity index (χ2n) is 5.46. The zero-order chi connectivity index (χ0) is 17.9. The lowest BCUT2D eigenvalue weighted by Gasteiger charge is -2.16. The molecule has 0 saturated heterocycles. The van der Waals surface area contributed by atoms with Crippen LogP contribution in [0.15, 0.2) is 64.6 Å². The number of halogens is 1. The van der Waals surface area contributed by atoms with E-state index in [4.69, 9.17) is 4.42 Å². The summed E-state index contributed by atoms with van der Waals surface area (Å²) in [6.45, 7) is 0.253. The Morgan fingerprint density at radius 1 is 1.27 bits per heavy atom. The number of thiophene rings is 1. The Morgan fingerprint density at radius 3 is 2.96 bits per heavy atom. The van der Waals surface area contributed by atoms with Crippen LogP contribution in [-0.2, 0) is 11.3 Å². The molecule has 0 radical (unpaired) electrons. The third-order valence-corrected chi connectivity index (χ3v) is 5.54. The van der Waals surface area contributed by atoms with Crippen LogP contribution in [0, 0.1) is 5.82 Å². The Labute approximate surface area is 156 Å². The third kappa shape index (κ3) is 3.58. The van der Waals surface area contributed by atoms with E-state index in [0.717, 1.165) is 4.88 Å². The Hall–Kier alpha value is -2.77. The number of fused-ring (bicyclic) bond motifs is 1. The number of hydrogen-bond donors (Lipinski definition) is 0. The number of nitrogens with zero attached hydrogens (tertiary/aromatic N) is 2. The van der Waals surface area contributed by atoms with Gasteiger partial charge in [0.15, 0.2) is 5.13 Å². The van der Waals surface area contributed by atoms with Crippen molar-refractivity contribution in [1.29, 1.82) is 0 Å². The van der Waals surface area contributed by atoms with Crippen LogP contribution in [0.25, 0.3) is 16.3 Å². The number of carbonyl (C=O) groups is 1. The molecule has 26 heavy (non-hydrogen) atoms. The first kappa shape index (κ1) is 16.7. The number of anilines is 1. The van der Waals surface area contributed by atoms with E-state index >= 15 is 0 Å². The second-order valence-corrected chi connectivity index (χ2v) is 7.45. The van der Waals surface area contributed by atoms with Gasteiger partial charge in [0, 0.05) is 11.0 Å². The lowest BCUT2D eigenvalue weighted by atomic mass is 10.3. The number of hydrogen-bond acceptors (Lipinski definition) is 5. The van der Waals surface area contributed by atoms with Crippen molar-refractivity contribution in [2.75, 3.05) is 4.90 Å². The molecule has 0 aliphatic rings. The number of benzene rings is 1. The van der Waals surface area contributed by atoms with Crippen LogP contribution < -0.4 is 4.90 Å². The maximum atomic E-state index is 13.5. The fourth-order valence-electron chi connectivity index (χ4n) is 2.43.